The lowest BCUT2D eigenvalue weighted by Crippen LogP contribution is -2.33. The molecule has 0 spiro atoms. The van der Waals surface area contributed by atoms with Crippen molar-refractivity contribution in [3.05, 3.63) is 23.7 Å². The van der Waals surface area contributed by atoms with Gasteiger partial charge >= 0.3 is 0 Å². The van der Waals surface area contributed by atoms with Gasteiger partial charge in [-0.25, -0.2) is 0 Å². The summed E-state index contributed by atoms with van der Waals surface area (Å²) in [6.07, 6.45) is 6.15. The molecule has 1 saturated carbocycles. The second-order valence-electron chi connectivity index (χ2n) is 4.77. The van der Waals surface area contributed by atoms with Gasteiger partial charge in [0, 0.05) is 6.54 Å². The van der Waals surface area contributed by atoms with Crippen LogP contribution in [0.25, 0.3) is 0 Å². The molecule has 1 aliphatic rings. The average molecular weight is 223 g/mol. The number of furan rings is 1. The molecule has 1 aromatic rings. The molecule has 2 unspecified atom stereocenters. The Morgan fingerprint density at radius 2 is 2.25 bits per heavy atom. The predicted molar refractivity (Wildman–Crippen MR) is 63.1 cm³/mol. The molecule has 16 heavy (non-hydrogen) atoms. The van der Waals surface area contributed by atoms with Crippen molar-refractivity contribution < 1.29 is 9.52 Å². The molecule has 0 amide bonds. The van der Waals surface area contributed by atoms with Crippen molar-refractivity contribution in [2.75, 3.05) is 6.54 Å². The van der Waals surface area contributed by atoms with Crippen molar-refractivity contribution in [1.29, 1.82) is 0 Å². The Hall–Kier alpha value is -0.800. The minimum Gasteiger partial charge on any atom is -0.468 e. The molecule has 0 aromatic carbocycles. The van der Waals surface area contributed by atoms with Crippen molar-refractivity contribution in [3.8, 4) is 0 Å². The first-order valence-electron chi connectivity index (χ1n) is 6.19. The molecule has 3 nitrogen and oxygen atoms in total. The van der Waals surface area contributed by atoms with E-state index in [4.69, 9.17) is 4.42 Å². The van der Waals surface area contributed by atoms with Crippen LogP contribution in [0.5, 0.6) is 0 Å². The number of aliphatic hydroxyl groups is 1. The van der Waals surface area contributed by atoms with Crippen LogP contribution in [-0.2, 0) is 6.54 Å². The van der Waals surface area contributed by atoms with Gasteiger partial charge < -0.3 is 14.8 Å². The molecule has 3 heteroatoms. The van der Waals surface area contributed by atoms with E-state index < -0.39 is 0 Å². The first kappa shape index (κ1) is 11.7. The number of hydrogen-bond donors (Lipinski definition) is 2. The third-order valence-electron chi connectivity index (χ3n) is 3.53. The summed E-state index contributed by atoms with van der Waals surface area (Å²) in [4.78, 5) is 0. The van der Waals surface area contributed by atoms with Gasteiger partial charge in [0.2, 0.25) is 0 Å². The predicted octanol–water partition coefficient (Wildman–Crippen LogP) is 2.23. The summed E-state index contributed by atoms with van der Waals surface area (Å²) in [5.74, 6) is 1.43. The van der Waals surface area contributed by atoms with Crippen LogP contribution in [0.2, 0.25) is 0 Å². The van der Waals surface area contributed by atoms with Gasteiger partial charge in [0.05, 0.1) is 18.9 Å². The molecule has 1 aliphatic carbocycles. The molecule has 2 N–H and O–H groups in total. The Morgan fingerprint density at radius 3 is 2.94 bits per heavy atom. The zero-order valence-corrected chi connectivity index (χ0v) is 9.91. The SMILES string of the molecule is Cc1ccoc1CNCC1CCCCC1O. The monoisotopic (exact) mass is 223 g/mol. The third-order valence-corrected chi connectivity index (χ3v) is 3.53. The quantitative estimate of drug-likeness (QED) is 0.822. The van der Waals surface area contributed by atoms with Gasteiger partial charge in [-0.15, -0.1) is 0 Å². The normalized spacial score (nSPS) is 25.9. The fourth-order valence-electron chi connectivity index (χ4n) is 2.38. The molecule has 2 rings (SSSR count). The standard InChI is InChI=1S/C13H21NO2/c1-10-6-7-16-13(10)9-14-8-11-4-2-3-5-12(11)15/h6-7,11-12,14-15H,2-5,8-9H2,1H3. The highest BCUT2D eigenvalue weighted by atomic mass is 16.3. The maximum Gasteiger partial charge on any atom is 0.120 e. The molecule has 2 atom stereocenters. The van der Waals surface area contributed by atoms with Gasteiger partial charge in [0.25, 0.3) is 0 Å². The van der Waals surface area contributed by atoms with E-state index in [1.807, 2.05) is 6.07 Å². The molecule has 1 fully saturated rings. The zero-order chi connectivity index (χ0) is 11.4. The number of rotatable bonds is 4. The highest BCUT2D eigenvalue weighted by Crippen LogP contribution is 2.23. The summed E-state index contributed by atoms with van der Waals surface area (Å²) in [5.41, 5.74) is 1.19. The van der Waals surface area contributed by atoms with E-state index in [1.54, 1.807) is 6.26 Å². The topological polar surface area (TPSA) is 45.4 Å². The Labute approximate surface area is 96.8 Å². The van der Waals surface area contributed by atoms with E-state index in [1.165, 1.54) is 18.4 Å². The van der Waals surface area contributed by atoms with Gasteiger partial charge in [0.15, 0.2) is 0 Å². The Bertz CT molecular complexity index is 321. The number of nitrogens with one attached hydrogen (secondary N) is 1. The molecular weight excluding hydrogens is 202 g/mol. The second-order valence-corrected chi connectivity index (χ2v) is 4.77. The number of aliphatic hydroxyl groups excluding tert-OH is 1. The number of hydrogen-bond acceptors (Lipinski definition) is 3. The minimum atomic E-state index is -0.112. The summed E-state index contributed by atoms with van der Waals surface area (Å²) < 4.78 is 5.36. The lowest BCUT2D eigenvalue weighted by atomic mass is 9.86. The maximum absolute atomic E-state index is 9.82. The van der Waals surface area contributed by atoms with E-state index >= 15 is 0 Å². The van der Waals surface area contributed by atoms with Crippen molar-refractivity contribution in [2.24, 2.45) is 5.92 Å². The van der Waals surface area contributed by atoms with Crippen LogP contribution in [0.4, 0.5) is 0 Å². The molecule has 0 radical (unpaired) electrons. The first-order valence-corrected chi connectivity index (χ1v) is 6.19. The molecule has 0 aliphatic heterocycles. The van der Waals surface area contributed by atoms with Crippen LogP contribution < -0.4 is 5.32 Å². The molecule has 0 bridgehead atoms. The van der Waals surface area contributed by atoms with Gasteiger partial charge in [-0.1, -0.05) is 12.8 Å². The van der Waals surface area contributed by atoms with Crippen molar-refractivity contribution >= 4 is 0 Å². The van der Waals surface area contributed by atoms with Gasteiger partial charge in [-0.2, -0.15) is 0 Å². The molecular formula is C13H21NO2. The van der Waals surface area contributed by atoms with Crippen LogP contribution in [0.3, 0.4) is 0 Å². The lowest BCUT2D eigenvalue weighted by molar-refractivity contribution is 0.0692. The van der Waals surface area contributed by atoms with Crippen LogP contribution in [-0.4, -0.2) is 17.8 Å². The van der Waals surface area contributed by atoms with Gasteiger partial charge in [0.1, 0.15) is 5.76 Å². The smallest absolute Gasteiger partial charge is 0.120 e. The van der Waals surface area contributed by atoms with Crippen molar-refractivity contribution in [3.63, 3.8) is 0 Å². The Kier molecular flexibility index (Phi) is 4.02. The fraction of sp³-hybridized carbons (Fsp3) is 0.692. The summed E-state index contributed by atoms with van der Waals surface area (Å²) in [7, 11) is 0. The highest BCUT2D eigenvalue weighted by molar-refractivity contribution is 5.14. The van der Waals surface area contributed by atoms with Crippen LogP contribution in [0, 0.1) is 12.8 Å². The largest absolute Gasteiger partial charge is 0.468 e. The van der Waals surface area contributed by atoms with E-state index in [-0.39, 0.29) is 6.10 Å². The maximum atomic E-state index is 9.82. The average Bonchev–Trinajstić information content (AvgIpc) is 2.67. The van der Waals surface area contributed by atoms with E-state index in [0.717, 1.165) is 31.7 Å². The molecule has 1 aromatic heterocycles. The summed E-state index contributed by atoms with van der Waals surface area (Å²) in [5, 5.41) is 13.2. The third kappa shape index (κ3) is 2.86. The summed E-state index contributed by atoms with van der Waals surface area (Å²) in [6.45, 7) is 3.71. The van der Waals surface area contributed by atoms with E-state index in [0.29, 0.717) is 5.92 Å². The number of aryl methyl sites for hydroxylation is 1. The van der Waals surface area contributed by atoms with Crippen molar-refractivity contribution in [2.45, 2.75) is 45.3 Å². The van der Waals surface area contributed by atoms with E-state index in [2.05, 4.69) is 12.2 Å². The summed E-state index contributed by atoms with van der Waals surface area (Å²) in [6, 6.07) is 1.98. The first-order chi connectivity index (χ1) is 7.77. The molecule has 0 saturated heterocycles. The Balaban J connectivity index is 1.73. The minimum absolute atomic E-state index is 0.112. The second kappa shape index (κ2) is 5.51. The molecule has 90 valence electrons. The van der Waals surface area contributed by atoms with Crippen LogP contribution in [0.15, 0.2) is 16.7 Å². The van der Waals surface area contributed by atoms with Gasteiger partial charge in [-0.05, 0) is 37.3 Å². The lowest BCUT2D eigenvalue weighted by Gasteiger charge is -2.27. The van der Waals surface area contributed by atoms with Crippen LogP contribution >= 0.6 is 0 Å². The van der Waals surface area contributed by atoms with Crippen LogP contribution in [0.1, 0.15) is 37.0 Å². The fourth-order valence-corrected chi connectivity index (χ4v) is 2.38. The van der Waals surface area contributed by atoms with E-state index in [9.17, 15) is 5.11 Å². The summed E-state index contributed by atoms with van der Waals surface area (Å²) >= 11 is 0. The zero-order valence-electron chi connectivity index (χ0n) is 9.91. The van der Waals surface area contributed by atoms with Gasteiger partial charge in [-0.3, -0.25) is 0 Å². The molecule has 1 heterocycles. The highest BCUT2D eigenvalue weighted by Gasteiger charge is 2.22. The Morgan fingerprint density at radius 1 is 1.44 bits per heavy atom. The van der Waals surface area contributed by atoms with Crippen molar-refractivity contribution in [1.82, 2.24) is 5.32 Å².